The van der Waals surface area contributed by atoms with Crippen LogP contribution in [0.2, 0.25) is 0 Å². The van der Waals surface area contributed by atoms with Gasteiger partial charge in [-0.25, -0.2) is 8.78 Å². The van der Waals surface area contributed by atoms with Crippen LogP contribution in [0.5, 0.6) is 0 Å². The Bertz CT molecular complexity index is 164. The maximum absolute atomic E-state index is 11.7. The van der Waals surface area contributed by atoms with Gasteiger partial charge in [-0.2, -0.15) is 0 Å². The molecule has 0 aliphatic rings. The second-order valence-electron chi connectivity index (χ2n) is 4.15. The summed E-state index contributed by atoms with van der Waals surface area (Å²) in [6, 6.07) is 0. The van der Waals surface area contributed by atoms with E-state index in [1.165, 1.54) is 0 Å². The summed E-state index contributed by atoms with van der Waals surface area (Å²) in [4.78, 5) is 0. The highest BCUT2D eigenvalue weighted by Crippen LogP contribution is 2.14. The van der Waals surface area contributed by atoms with Crippen LogP contribution < -0.4 is 5.32 Å². The molecule has 0 bridgehead atoms. The minimum atomic E-state index is -2.41. The number of alkyl halides is 2. The van der Waals surface area contributed by atoms with Crippen molar-refractivity contribution >= 4 is 0 Å². The zero-order valence-corrected chi connectivity index (χ0v) is 9.59. The van der Waals surface area contributed by atoms with E-state index in [4.69, 9.17) is 0 Å². The third-order valence-corrected chi connectivity index (χ3v) is 2.39. The van der Waals surface area contributed by atoms with Crippen LogP contribution in [-0.4, -0.2) is 43.4 Å². The van der Waals surface area contributed by atoms with Crippen molar-refractivity contribution in [3.05, 3.63) is 0 Å². The molecule has 0 aliphatic carbocycles. The first kappa shape index (κ1) is 14.7. The van der Waals surface area contributed by atoms with Crippen molar-refractivity contribution in [1.82, 2.24) is 5.32 Å². The molecule has 1 unspecified atom stereocenters. The third kappa shape index (κ3) is 7.64. The van der Waals surface area contributed by atoms with Crippen molar-refractivity contribution in [2.45, 2.75) is 32.8 Å². The number of aliphatic hydroxyl groups is 1. The van der Waals surface area contributed by atoms with Gasteiger partial charge in [0.05, 0.1) is 12.2 Å². The lowest BCUT2D eigenvalue weighted by Crippen LogP contribution is -2.43. The maximum atomic E-state index is 11.7. The molecule has 0 radical (unpaired) electrons. The number of hydrogen-bond donors (Lipinski definition) is 2. The summed E-state index contributed by atoms with van der Waals surface area (Å²) in [7, 11) is 0. The van der Waals surface area contributed by atoms with Gasteiger partial charge in [-0.15, -0.1) is 0 Å². The Balaban J connectivity index is 3.39. The summed E-state index contributed by atoms with van der Waals surface area (Å²) in [5.74, 6) is 0.145. The van der Waals surface area contributed by atoms with E-state index in [1.54, 1.807) is 6.92 Å². The Kier molecular flexibility index (Phi) is 6.96. The largest absolute Gasteiger partial charge is 0.389 e. The number of nitrogens with one attached hydrogen (secondary N) is 1. The van der Waals surface area contributed by atoms with E-state index in [0.717, 1.165) is 0 Å². The molecular formula is C10H21F2NO2. The molecule has 2 N–H and O–H groups in total. The Labute approximate surface area is 89.8 Å². The van der Waals surface area contributed by atoms with Gasteiger partial charge in [0.1, 0.15) is 6.61 Å². The average Bonchev–Trinajstić information content (AvgIpc) is 2.10. The van der Waals surface area contributed by atoms with Crippen molar-refractivity contribution < 1.29 is 18.6 Å². The van der Waals surface area contributed by atoms with Crippen LogP contribution in [0.4, 0.5) is 8.78 Å². The third-order valence-electron chi connectivity index (χ3n) is 2.39. The number of halogens is 2. The van der Waals surface area contributed by atoms with Gasteiger partial charge in [0, 0.05) is 13.1 Å². The van der Waals surface area contributed by atoms with Crippen LogP contribution in [0.3, 0.4) is 0 Å². The molecule has 1 atom stereocenters. The quantitative estimate of drug-likeness (QED) is 0.611. The summed E-state index contributed by atoms with van der Waals surface area (Å²) in [6.45, 7) is 6.20. The summed E-state index contributed by atoms with van der Waals surface area (Å²) in [5.41, 5.74) is -0.775. The van der Waals surface area contributed by atoms with Gasteiger partial charge in [-0.3, -0.25) is 0 Å². The van der Waals surface area contributed by atoms with Crippen LogP contribution in [0.1, 0.15) is 20.8 Å². The lowest BCUT2D eigenvalue weighted by molar-refractivity contribution is 0.00405. The number of hydrogen-bond acceptors (Lipinski definition) is 3. The molecule has 3 nitrogen and oxygen atoms in total. The Morgan fingerprint density at radius 1 is 1.40 bits per heavy atom. The predicted molar refractivity (Wildman–Crippen MR) is 55.2 cm³/mol. The SMILES string of the molecule is CC(C)C(C)(O)CNCCOCC(F)F. The second kappa shape index (κ2) is 7.09. The Morgan fingerprint density at radius 2 is 2.00 bits per heavy atom. The smallest absolute Gasteiger partial charge is 0.261 e. The van der Waals surface area contributed by atoms with Crippen LogP contribution in [-0.2, 0) is 4.74 Å². The fourth-order valence-corrected chi connectivity index (χ4v) is 0.862. The first-order valence-corrected chi connectivity index (χ1v) is 5.15. The number of rotatable bonds is 8. The molecule has 92 valence electrons. The van der Waals surface area contributed by atoms with E-state index in [9.17, 15) is 13.9 Å². The van der Waals surface area contributed by atoms with Gasteiger partial charge in [0.15, 0.2) is 0 Å². The molecule has 0 aliphatic heterocycles. The molecule has 0 rings (SSSR count). The summed E-state index contributed by atoms with van der Waals surface area (Å²) >= 11 is 0. The zero-order valence-electron chi connectivity index (χ0n) is 9.59. The van der Waals surface area contributed by atoms with Crippen molar-refractivity contribution in [1.29, 1.82) is 0 Å². The molecular weight excluding hydrogens is 204 g/mol. The van der Waals surface area contributed by atoms with E-state index < -0.39 is 18.6 Å². The highest BCUT2D eigenvalue weighted by atomic mass is 19.3. The number of ether oxygens (including phenoxy) is 1. The highest BCUT2D eigenvalue weighted by molar-refractivity contribution is 4.78. The first-order chi connectivity index (χ1) is 6.86. The normalized spacial score (nSPS) is 16.0. The fourth-order valence-electron chi connectivity index (χ4n) is 0.862. The first-order valence-electron chi connectivity index (χ1n) is 5.15. The highest BCUT2D eigenvalue weighted by Gasteiger charge is 2.23. The Hall–Kier alpha value is -0.260. The standard InChI is InChI=1S/C10H21F2NO2/c1-8(2)10(3,14)7-13-4-5-15-6-9(11)12/h8-9,13-14H,4-7H2,1-3H3. The molecule has 5 heteroatoms. The van der Waals surface area contributed by atoms with Crippen LogP contribution in [0, 0.1) is 5.92 Å². The summed E-state index contributed by atoms with van der Waals surface area (Å²) in [5, 5.41) is 12.8. The molecule has 0 amide bonds. The van der Waals surface area contributed by atoms with E-state index in [0.29, 0.717) is 13.1 Å². The van der Waals surface area contributed by atoms with Gasteiger partial charge in [0.25, 0.3) is 6.43 Å². The summed E-state index contributed by atoms with van der Waals surface area (Å²) < 4.78 is 28.0. The Morgan fingerprint density at radius 3 is 2.47 bits per heavy atom. The minimum absolute atomic E-state index is 0.145. The maximum Gasteiger partial charge on any atom is 0.261 e. The molecule has 0 saturated heterocycles. The molecule has 0 spiro atoms. The van der Waals surface area contributed by atoms with E-state index in [1.807, 2.05) is 13.8 Å². The van der Waals surface area contributed by atoms with Crippen molar-refractivity contribution in [2.24, 2.45) is 5.92 Å². The molecule has 0 aromatic rings. The second-order valence-corrected chi connectivity index (χ2v) is 4.15. The minimum Gasteiger partial charge on any atom is -0.389 e. The van der Waals surface area contributed by atoms with Crippen LogP contribution in [0.15, 0.2) is 0 Å². The van der Waals surface area contributed by atoms with Crippen LogP contribution in [0.25, 0.3) is 0 Å². The fraction of sp³-hybridized carbons (Fsp3) is 1.00. The topological polar surface area (TPSA) is 41.5 Å². The average molecular weight is 225 g/mol. The van der Waals surface area contributed by atoms with Crippen molar-refractivity contribution in [2.75, 3.05) is 26.3 Å². The monoisotopic (exact) mass is 225 g/mol. The molecule has 0 aromatic heterocycles. The molecule has 15 heavy (non-hydrogen) atoms. The van der Waals surface area contributed by atoms with E-state index in [2.05, 4.69) is 10.1 Å². The van der Waals surface area contributed by atoms with Crippen LogP contribution >= 0.6 is 0 Å². The lowest BCUT2D eigenvalue weighted by Gasteiger charge is -2.27. The van der Waals surface area contributed by atoms with E-state index in [-0.39, 0.29) is 12.5 Å². The van der Waals surface area contributed by atoms with Crippen molar-refractivity contribution in [3.8, 4) is 0 Å². The molecule has 0 fully saturated rings. The molecule has 0 saturated carbocycles. The predicted octanol–water partition coefficient (Wildman–Crippen LogP) is 1.26. The lowest BCUT2D eigenvalue weighted by atomic mass is 9.93. The van der Waals surface area contributed by atoms with E-state index >= 15 is 0 Å². The van der Waals surface area contributed by atoms with Crippen molar-refractivity contribution in [3.63, 3.8) is 0 Å². The summed E-state index contributed by atoms with van der Waals surface area (Å²) in [6.07, 6.45) is -2.41. The molecule has 0 heterocycles. The molecule has 0 aromatic carbocycles. The zero-order chi connectivity index (χ0) is 11.9. The van der Waals surface area contributed by atoms with Gasteiger partial charge >= 0.3 is 0 Å². The van der Waals surface area contributed by atoms with Gasteiger partial charge in [-0.05, 0) is 12.8 Å². The van der Waals surface area contributed by atoms with Gasteiger partial charge < -0.3 is 15.2 Å². The van der Waals surface area contributed by atoms with Gasteiger partial charge in [-0.1, -0.05) is 13.8 Å². The van der Waals surface area contributed by atoms with Gasteiger partial charge in [0.2, 0.25) is 0 Å².